The maximum absolute atomic E-state index is 13.3. The number of Topliss-reactive ketones (excluding diaryl/α,β-unsaturated/α-hetero) is 1. The number of carbonyl (C=O) groups excluding carboxylic acids is 2. The van der Waals surface area contributed by atoms with Gasteiger partial charge in [0.05, 0.1) is 5.54 Å². The number of nitrogens with zero attached hydrogens (tertiary/aromatic N) is 7. The van der Waals surface area contributed by atoms with Crippen LogP contribution in [0.5, 0.6) is 0 Å². The predicted molar refractivity (Wildman–Crippen MR) is 145 cm³/mol. The van der Waals surface area contributed by atoms with Crippen molar-refractivity contribution in [2.45, 2.75) is 52.2 Å². The number of hydrogen-bond donors (Lipinski definition) is 0. The summed E-state index contributed by atoms with van der Waals surface area (Å²) >= 11 is 0. The quantitative estimate of drug-likeness (QED) is 0.511. The monoisotopic (exact) mass is 509 g/mol. The number of benzene rings is 1. The third-order valence-electron chi connectivity index (χ3n) is 7.59. The van der Waals surface area contributed by atoms with E-state index < -0.39 is 5.54 Å². The summed E-state index contributed by atoms with van der Waals surface area (Å²) in [6.07, 6.45) is 5.72. The molecule has 3 aromatic rings. The summed E-state index contributed by atoms with van der Waals surface area (Å²) < 4.78 is 0. The van der Waals surface area contributed by atoms with Gasteiger partial charge in [0.15, 0.2) is 5.78 Å². The van der Waals surface area contributed by atoms with Crippen molar-refractivity contribution in [2.24, 2.45) is 0 Å². The van der Waals surface area contributed by atoms with E-state index in [-0.39, 0.29) is 17.7 Å². The molecule has 1 atom stereocenters. The van der Waals surface area contributed by atoms with Gasteiger partial charge in [-0.1, -0.05) is 19.1 Å². The molecule has 0 bridgehead atoms. The van der Waals surface area contributed by atoms with Crippen molar-refractivity contribution < 1.29 is 9.59 Å². The second-order valence-corrected chi connectivity index (χ2v) is 10.3. The molecule has 1 amide bonds. The first-order valence-electron chi connectivity index (χ1n) is 12.9. The lowest BCUT2D eigenvalue weighted by Crippen LogP contribution is -2.54. The molecular formula is C29H31N7O2. The number of aromatic nitrogens is 3. The average Bonchev–Trinajstić information content (AvgIpc) is 3.12. The van der Waals surface area contributed by atoms with E-state index in [9.17, 15) is 14.9 Å². The first-order chi connectivity index (χ1) is 18.2. The van der Waals surface area contributed by atoms with Crippen LogP contribution in [0.4, 0.5) is 11.6 Å². The Morgan fingerprint density at radius 1 is 1.13 bits per heavy atom. The SMILES string of the molecule is CCC(=O)N1CCN(c2ncc(-c3ccc4c(c3)N(Cc3cccnc3C#N)C(C)(C)C4=O)cn2)CC1C. The Balaban J connectivity index is 1.40. The van der Waals surface area contributed by atoms with Crippen LogP contribution in [0.3, 0.4) is 0 Å². The van der Waals surface area contributed by atoms with Gasteiger partial charge >= 0.3 is 0 Å². The summed E-state index contributed by atoms with van der Waals surface area (Å²) in [7, 11) is 0. The number of fused-ring (bicyclic) bond motifs is 1. The molecule has 0 spiro atoms. The molecule has 2 aliphatic heterocycles. The van der Waals surface area contributed by atoms with Gasteiger partial charge in [-0.25, -0.2) is 15.0 Å². The Morgan fingerprint density at radius 2 is 1.89 bits per heavy atom. The molecule has 5 rings (SSSR count). The number of ketones is 1. The van der Waals surface area contributed by atoms with Crippen molar-refractivity contribution in [3.63, 3.8) is 0 Å². The van der Waals surface area contributed by atoms with E-state index in [2.05, 4.69) is 32.8 Å². The van der Waals surface area contributed by atoms with Gasteiger partial charge in [0.25, 0.3) is 0 Å². The van der Waals surface area contributed by atoms with Crippen LogP contribution in [-0.2, 0) is 11.3 Å². The molecule has 9 heteroatoms. The average molecular weight is 510 g/mol. The van der Waals surface area contributed by atoms with Gasteiger partial charge in [-0.2, -0.15) is 5.26 Å². The zero-order valence-electron chi connectivity index (χ0n) is 22.2. The minimum absolute atomic E-state index is 0.0443. The van der Waals surface area contributed by atoms with Crippen LogP contribution >= 0.6 is 0 Å². The van der Waals surface area contributed by atoms with E-state index in [1.54, 1.807) is 24.7 Å². The van der Waals surface area contributed by atoms with Gasteiger partial charge < -0.3 is 14.7 Å². The summed E-state index contributed by atoms with van der Waals surface area (Å²) in [5.41, 5.74) is 3.61. The highest BCUT2D eigenvalue weighted by molar-refractivity contribution is 6.14. The molecule has 1 fully saturated rings. The molecular weight excluding hydrogens is 478 g/mol. The van der Waals surface area contributed by atoms with Crippen molar-refractivity contribution in [3.05, 3.63) is 65.7 Å². The highest BCUT2D eigenvalue weighted by Crippen LogP contribution is 2.42. The highest BCUT2D eigenvalue weighted by atomic mass is 16.2. The summed E-state index contributed by atoms with van der Waals surface area (Å²) in [5.74, 6) is 0.861. The van der Waals surface area contributed by atoms with Gasteiger partial charge in [0.2, 0.25) is 11.9 Å². The number of hydrogen-bond acceptors (Lipinski definition) is 8. The smallest absolute Gasteiger partial charge is 0.225 e. The van der Waals surface area contributed by atoms with E-state index in [1.165, 1.54) is 0 Å². The van der Waals surface area contributed by atoms with Gasteiger partial charge in [-0.05, 0) is 44.5 Å². The largest absolute Gasteiger partial charge is 0.354 e. The van der Waals surface area contributed by atoms with Crippen molar-refractivity contribution in [1.82, 2.24) is 19.9 Å². The first-order valence-corrected chi connectivity index (χ1v) is 12.9. The molecule has 2 aliphatic rings. The van der Waals surface area contributed by atoms with Crippen LogP contribution in [0.15, 0.2) is 48.9 Å². The lowest BCUT2D eigenvalue weighted by molar-refractivity contribution is -0.133. The lowest BCUT2D eigenvalue weighted by Gasteiger charge is -2.39. The molecule has 2 aromatic heterocycles. The van der Waals surface area contributed by atoms with Gasteiger partial charge in [0, 0.05) is 79.6 Å². The van der Waals surface area contributed by atoms with Crippen molar-refractivity contribution >= 4 is 23.3 Å². The van der Waals surface area contributed by atoms with Gasteiger partial charge in [-0.15, -0.1) is 0 Å². The molecule has 0 saturated carbocycles. The molecule has 0 N–H and O–H groups in total. The van der Waals surface area contributed by atoms with Crippen molar-refractivity contribution in [3.8, 4) is 17.2 Å². The summed E-state index contributed by atoms with van der Waals surface area (Å²) in [6.45, 7) is 10.2. The second-order valence-electron chi connectivity index (χ2n) is 10.3. The third-order valence-corrected chi connectivity index (χ3v) is 7.59. The van der Waals surface area contributed by atoms with E-state index in [1.807, 2.05) is 54.8 Å². The second kappa shape index (κ2) is 9.86. The van der Waals surface area contributed by atoms with Crippen LogP contribution in [0, 0.1) is 11.3 Å². The Morgan fingerprint density at radius 3 is 2.58 bits per heavy atom. The Bertz CT molecular complexity index is 1430. The number of anilines is 2. The maximum atomic E-state index is 13.3. The first kappa shape index (κ1) is 25.3. The topological polar surface area (TPSA) is 106 Å². The minimum atomic E-state index is -0.762. The molecule has 38 heavy (non-hydrogen) atoms. The summed E-state index contributed by atoms with van der Waals surface area (Å²) in [4.78, 5) is 45.0. The molecule has 9 nitrogen and oxygen atoms in total. The van der Waals surface area contributed by atoms with E-state index >= 15 is 0 Å². The van der Waals surface area contributed by atoms with Crippen LogP contribution in [0.25, 0.3) is 11.1 Å². The van der Waals surface area contributed by atoms with Crippen molar-refractivity contribution in [2.75, 3.05) is 29.4 Å². The molecule has 0 aliphatic carbocycles. The number of amides is 1. The predicted octanol–water partition coefficient (Wildman–Crippen LogP) is 3.84. The number of carbonyl (C=O) groups is 2. The molecule has 4 heterocycles. The van der Waals surface area contributed by atoms with E-state index in [0.29, 0.717) is 49.8 Å². The Hall–Kier alpha value is -4.32. The Kier molecular flexibility index (Phi) is 6.57. The number of nitriles is 1. The standard InChI is InChI=1S/C29H31N7O2/c1-5-26(37)35-12-11-34(17-19(35)2)28-32-15-22(16-33-28)20-8-9-23-25(13-20)36(29(3,4)27(23)38)18-21-7-6-10-31-24(21)14-30/h6-10,13,15-16,19H,5,11-12,17-18H2,1-4H3. The van der Waals surface area contributed by atoms with E-state index in [4.69, 9.17) is 0 Å². The van der Waals surface area contributed by atoms with Gasteiger partial charge in [0.1, 0.15) is 11.8 Å². The van der Waals surface area contributed by atoms with Crippen LogP contribution < -0.4 is 9.80 Å². The van der Waals surface area contributed by atoms with Crippen molar-refractivity contribution in [1.29, 1.82) is 5.26 Å². The number of rotatable bonds is 5. The summed E-state index contributed by atoms with van der Waals surface area (Å²) in [6, 6.07) is 11.7. The van der Waals surface area contributed by atoms with Crippen LogP contribution in [0.2, 0.25) is 0 Å². The van der Waals surface area contributed by atoms with E-state index in [0.717, 1.165) is 22.4 Å². The zero-order valence-corrected chi connectivity index (χ0v) is 22.2. The van der Waals surface area contributed by atoms with Gasteiger partial charge in [-0.3, -0.25) is 9.59 Å². The van der Waals surface area contributed by atoms with Crippen LogP contribution in [0.1, 0.15) is 55.7 Å². The number of piperazine rings is 1. The third kappa shape index (κ3) is 4.36. The minimum Gasteiger partial charge on any atom is -0.354 e. The lowest BCUT2D eigenvalue weighted by atomic mass is 9.96. The fraction of sp³-hybridized carbons (Fsp3) is 0.379. The maximum Gasteiger partial charge on any atom is 0.225 e. The Labute approximate surface area is 222 Å². The van der Waals surface area contributed by atoms with Crippen LogP contribution in [-0.4, -0.2) is 62.8 Å². The fourth-order valence-electron chi connectivity index (χ4n) is 5.35. The molecule has 0 radical (unpaired) electrons. The summed E-state index contributed by atoms with van der Waals surface area (Å²) in [5, 5.41) is 9.51. The fourth-order valence-corrected chi connectivity index (χ4v) is 5.35. The normalized spacial score (nSPS) is 18.3. The molecule has 194 valence electrons. The zero-order chi connectivity index (χ0) is 27.0. The molecule has 1 unspecified atom stereocenters. The number of pyridine rings is 1. The highest BCUT2D eigenvalue weighted by Gasteiger charge is 2.44. The molecule has 1 aromatic carbocycles. The molecule has 1 saturated heterocycles.